The summed E-state index contributed by atoms with van der Waals surface area (Å²) in [7, 11) is 2.92. The largest absolute Gasteiger partial charge is 2.00 e. The summed E-state index contributed by atoms with van der Waals surface area (Å²) in [6.07, 6.45) is 0. The predicted octanol–water partition coefficient (Wildman–Crippen LogP) is -10.7. The number of hydrogen-bond acceptors (Lipinski definition) is 13. The summed E-state index contributed by atoms with van der Waals surface area (Å²) >= 11 is 0. The number of aliphatic carboxylic acids is 3. The van der Waals surface area contributed by atoms with E-state index >= 15 is 0 Å². The Balaban J connectivity index is -0.00000578. The molecule has 37 heavy (non-hydrogen) atoms. The number of amides is 2. The third kappa shape index (κ3) is 25.4. The van der Waals surface area contributed by atoms with Crippen molar-refractivity contribution in [3.63, 3.8) is 0 Å². The first kappa shape index (κ1) is 40.9. The van der Waals surface area contributed by atoms with Gasteiger partial charge in [0.15, 0.2) is 0 Å². The molecule has 15 nitrogen and oxygen atoms in total. The number of hydrogen-bond donors (Lipinski definition) is 2. The minimum absolute atomic E-state index is 0. The summed E-state index contributed by atoms with van der Waals surface area (Å²) in [5.74, 6) is -5.14. The average Bonchev–Trinajstić information content (AvgIpc) is 2.74. The van der Waals surface area contributed by atoms with E-state index in [4.69, 9.17) is 9.47 Å². The zero-order chi connectivity index (χ0) is 26.6. The van der Waals surface area contributed by atoms with Crippen molar-refractivity contribution in [1.82, 2.24) is 25.3 Å². The summed E-state index contributed by atoms with van der Waals surface area (Å²) < 4.78 is 9.64. The predicted molar refractivity (Wildman–Crippen MR) is 120 cm³/mol. The maximum absolute atomic E-state index is 12.0. The second kappa shape index (κ2) is 25.7. The second-order valence-electron chi connectivity index (χ2n) is 7.50. The van der Waals surface area contributed by atoms with Crippen LogP contribution >= 0.6 is 0 Å². The van der Waals surface area contributed by atoms with Crippen molar-refractivity contribution in [2.24, 2.45) is 0 Å². The van der Waals surface area contributed by atoms with E-state index < -0.39 is 49.4 Å². The fourth-order valence-electron chi connectivity index (χ4n) is 2.91. The second-order valence-corrected chi connectivity index (χ2v) is 7.50. The summed E-state index contributed by atoms with van der Waals surface area (Å²) in [5.41, 5.74) is 0. The quantitative estimate of drug-likeness (QED) is 0.0921. The van der Waals surface area contributed by atoms with Crippen molar-refractivity contribution >= 4 is 67.5 Å². The van der Waals surface area contributed by atoms with Crippen molar-refractivity contribution in [2.45, 2.75) is 0 Å². The summed E-state index contributed by atoms with van der Waals surface area (Å²) in [5, 5.41) is 38.4. The van der Waals surface area contributed by atoms with Gasteiger partial charge in [-0.1, -0.05) is 0 Å². The number of rotatable bonds is 22. The van der Waals surface area contributed by atoms with Crippen molar-refractivity contribution in [3.05, 3.63) is 0 Å². The Labute approximate surface area is 268 Å². The molecule has 0 spiro atoms. The van der Waals surface area contributed by atoms with Crippen LogP contribution in [0.4, 0.5) is 0 Å². The maximum atomic E-state index is 12.0. The molecule has 2 amide bonds. The van der Waals surface area contributed by atoms with Crippen LogP contribution in [-0.2, 0) is 33.4 Å². The minimum Gasteiger partial charge on any atom is -0.549 e. The number of carbonyl (C=O) groups excluding carboxylic acids is 5. The van der Waals surface area contributed by atoms with Gasteiger partial charge in [0.05, 0.1) is 44.2 Å². The van der Waals surface area contributed by atoms with Crippen LogP contribution in [-0.4, -0.2) is 182 Å². The Bertz CT molecular complexity index is 644. The van der Waals surface area contributed by atoms with E-state index in [2.05, 4.69) is 10.6 Å². The molecule has 0 aliphatic heterocycles. The molecule has 0 saturated carbocycles. The zero-order valence-electron chi connectivity index (χ0n) is 21.8. The molecule has 0 rings (SSSR count). The molecule has 0 aromatic heterocycles. The van der Waals surface area contributed by atoms with Gasteiger partial charge in [0.2, 0.25) is 11.8 Å². The van der Waals surface area contributed by atoms with Crippen molar-refractivity contribution in [2.75, 3.05) is 99.4 Å². The first-order chi connectivity index (χ1) is 16.6. The molecule has 17 heteroatoms. The van der Waals surface area contributed by atoms with E-state index in [0.29, 0.717) is 0 Å². The number of carbonyl (C=O) groups is 5. The van der Waals surface area contributed by atoms with E-state index in [-0.39, 0.29) is 133 Å². The monoisotopic (exact) mass is 567 g/mol. The minimum atomic E-state index is -1.42. The van der Waals surface area contributed by atoms with Gasteiger partial charge in [-0.15, -0.1) is 0 Å². The molecular weight excluding hydrogens is 533 g/mol. The van der Waals surface area contributed by atoms with Crippen LogP contribution in [0.2, 0.25) is 0 Å². The smallest absolute Gasteiger partial charge is 0.549 e. The van der Waals surface area contributed by atoms with Crippen molar-refractivity contribution < 1.29 is 78.3 Å². The fourth-order valence-corrected chi connectivity index (χ4v) is 2.91. The van der Waals surface area contributed by atoms with Crippen LogP contribution in [0.5, 0.6) is 0 Å². The number of nitrogens with zero attached hydrogens (tertiary/aromatic N) is 3. The number of carboxylic acid groups (broad SMARTS) is 3. The van der Waals surface area contributed by atoms with Gasteiger partial charge in [0, 0.05) is 73.1 Å². The average molecular weight is 568 g/mol. The molecule has 0 bridgehead atoms. The zero-order valence-corrected chi connectivity index (χ0v) is 26.0. The molecule has 0 saturated heterocycles. The molecule has 0 atom stereocenters. The van der Waals surface area contributed by atoms with Gasteiger partial charge in [0.1, 0.15) is 0 Å². The van der Waals surface area contributed by atoms with Gasteiger partial charge < -0.3 is 49.8 Å². The van der Waals surface area contributed by atoms with Crippen LogP contribution in [0.1, 0.15) is 0 Å². The van der Waals surface area contributed by atoms with Gasteiger partial charge >= 0.3 is 67.3 Å². The Hall–Kier alpha value is -0.590. The molecule has 0 radical (unpaired) electrons. The Morgan fingerprint density at radius 3 is 1.19 bits per heavy atom. The van der Waals surface area contributed by atoms with Crippen molar-refractivity contribution in [1.29, 1.82) is 0 Å². The number of nitrogens with one attached hydrogen (secondary N) is 2. The summed E-state index contributed by atoms with van der Waals surface area (Å²) in [4.78, 5) is 61.2. The standard InChI is InChI=1S/C20H37N5O10.Ca.Na/c1-34-9-3-21-16(26)11-24(14-19(30)31)7-5-23(13-18(28)29)6-8-25(15-20(32)33)12-17(27)22-4-10-35-2;;/h3-15H2,1-2H3,(H,21,26)(H,22,27)(H,28,29)(H,30,31)(H,32,33);;/q;+2;+1/p-3. The molecule has 0 heterocycles. The van der Waals surface area contributed by atoms with Gasteiger partial charge in [-0.2, -0.15) is 0 Å². The van der Waals surface area contributed by atoms with Crippen LogP contribution in [0.25, 0.3) is 0 Å². The fraction of sp³-hybridized carbons (Fsp3) is 0.750. The molecule has 0 aliphatic carbocycles. The van der Waals surface area contributed by atoms with Gasteiger partial charge in [-0.05, 0) is 0 Å². The first-order valence-electron chi connectivity index (χ1n) is 10.8. The molecule has 0 aliphatic rings. The molecule has 0 aromatic rings. The number of ether oxygens (including phenoxy) is 2. The third-order valence-electron chi connectivity index (χ3n) is 4.51. The SMILES string of the molecule is COCCNC(=O)CN(CCN(CCN(CC(=O)[O-])CC(=O)NCCOC)CC(=O)[O-])CC(=O)[O-].[Ca+2].[Na+]. The molecular formula is C20H34CaN5NaO10. The van der Waals surface area contributed by atoms with E-state index in [1.165, 1.54) is 28.9 Å². The molecule has 0 fully saturated rings. The normalized spacial score (nSPS) is 10.5. The van der Waals surface area contributed by atoms with Crippen LogP contribution in [0.3, 0.4) is 0 Å². The Morgan fingerprint density at radius 1 is 0.595 bits per heavy atom. The third-order valence-corrected chi connectivity index (χ3v) is 4.51. The van der Waals surface area contributed by atoms with Gasteiger partial charge in [-0.3, -0.25) is 24.3 Å². The van der Waals surface area contributed by atoms with Gasteiger partial charge in [0.25, 0.3) is 0 Å². The molecule has 2 N–H and O–H groups in total. The summed E-state index contributed by atoms with van der Waals surface area (Å²) in [6, 6.07) is 0. The number of methoxy groups -OCH3 is 2. The Morgan fingerprint density at radius 2 is 0.892 bits per heavy atom. The van der Waals surface area contributed by atoms with Crippen LogP contribution in [0.15, 0.2) is 0 Å². The molecule has 202 valence electrons. The van der Waals surface area contributed by atoms with E-state index in [1.54, 1.807) is 0 Å². The molecule has 0 unspecified atom stereocenters. The van der Waals surface area contributed by atoms with E-state index in [9.17, 15) is 39.3 Å². The summed E-state index contributed by atoms with van der Waals surface area (Å²) in [6.45, 7) is -1.13. The van der Waals surface area contributed by atoms with E-state index in [1.807, 2.05) is 0 Å². The van der Waals surface area contributed by atoms with Crippen LogP contribution in [0, 0.1) is 0 Å². The van der Waals surface area contributed by atoms with Crippen molar-refractivity contribution in [3.8, 4) is 0 Å². The maximum Gasteiger partial charge on any atom is 2.00 e. The number of carboxylic acids is 3. The topological polar surface area (TPSA) is 207 Å². The Kier molecular flexibility index (Phi) is 28.4. The van der Waals surface area contributed by atoms with Crippen LogP contribution < -0.4 is 55.5 Å². The first-order valence-corrected chi connectivity index (χ1v) is 10.8. The van der Waals surface area contributed by atoms with E-state index in [0.717, 1.165) is 0 Å². The van der Waals surface area contributed by atoms with Gasteiger partial charge in [-0.25, -0.2) is 0 Å². The molecule has 0 aromatic carbocycles.